The monoisotopic (exact) mass is 327 g/mol. The minimum absolute atomic E-state index is 0. The predicted molar refractivity (Wildman–Crippen MR) is 92.3 cm³/mol. The van der Waals surface area contributed by atoms with E-state index in [2.05, 4.69) is 26.1 Å². The molecule has 0 unspecified atom stereocenters. The van der Waals surface area contributed by atoms with Crippen LogP contribution in [-0.2, 0) is 6.54 Å². The van der Waals surface area contributed by atoms with Crippen molar-refractivity contribution in [2.24, 2.45) is 0 Å². The van der Waals surface area contributed by atoms with E-state index < -0.39 is 0 Å². The van der Waals surface area contributed by atoms with Crippen molar-refractivity contribution in [3.63, 3.8) is 0 Å². The molecule has 4 heteroatoms. The highest BCUT2D eigenvalue weighted by molar-refractivity contribution is 6.31. The van der Waals surface area contributed by atoms with Crippen LogP contribution in [0.2, 0.25) is 5.02 Å². The number of hydrogen-bond donors (Lipinski definition) is 1. The molecule has 1 heterocycles. The number of hydrogen-bond acceptors (Lipinski definition) is 2. The summed E-state index contributed by atoms with van der Waals surface area (Å²) in [5, 5.41) is 4.26. The number of furan rings is 1. The molecule has 1 aromatic carbocycles. The van der Waals surface area contributed by atoms with Crippen LogP contribution >= 0.6 is 24.0 Å². The molecule has 0 bridgehead atoms. The van der Waals surface area contributed by atoms with Gasteiger partial charge in [-0.1, -0.05) is 30.7 Å². The topological polar surface area (TPSA) is 25.2 Å². The zero-order valence-corrected chi connectivity index (χ0v) is 14.6. The zero-order valence-electron chi connectivity index (χ0n) is 13.0. The Bertz CT molecular complexity index is 590. The van der Waals surface area contributed by atoms with Crippen LogP contribution < -0.4 is 5.32 Å². The second-order valence-electron chi connectivity index (χ2n) is 5.82. The van der Waals surface area contributed by atoms with Crippen molar-refractivity contribution < 1.29 is 4.42 Å². The molecule has 2 rings (SSSR count). The van der Waals surface area contributed by atoms with Crippen LogP contribution in [0.4, 0.5) is 0 Å². The van der Waals surface area contributed by atoms with Crippen molar-refractivity contribution in [1.82, 2.24) is 5.32 Å². The van der Waals surface area contributed by atoms with Crippen LogP contribution in [0.3, 0.4) is 0 Å². The standard InChI is InChI=1S/C17H22ClNO.ClH/c1-5-17(3,4)19-11-14-8-9-16(20-14)13-7-6-12(2)15(18)10-13;/h6-10,19H,5,11H2,1-4H3;1H. The van der Waals surface area contributed by atoms with Gasteiger partial charge in [0.25, 0.3) is 0 Å². The average Bonchev–Trinajstić information content (AvgIpc) is 2.89. The summed E-state index contributed by atoms with van der Waals surface area (Å²) in [6, 6.07) is 10.0. The van der Waals surface area contributed by atoms with E-state index in [9.17, 15) is 0 Å². The van der Waals surface area contributed by atoms with Crippen LogP contribution in [0.25, 0.3) is 11.3 Å². The van der Waals surface area contributed by atoms with Crippen LogP contribution in [0.5, 0.6) is 0 Å². The molecule has 0 amide bonds. The molecule has 116 valence electrons. The predicted octanol–water partition coefficient (Wildman–Crippen LogP) is 5.61. The summed E-state index contributed by atoms with van der Waals surface area (Å²) in [6.07, 6.45) is 1.08. The molecule has 0 atom stereocenters. The van der Waals surface area contributed by atoms with E-state index in [-0.39, 0.29) is 17.9 Å². The molecule has 21 heavy (non-hydrogen) atoms. The van der Waals surface area contributed by atoms with Crippen molar-refractivity contribution >= 4 is 24.0 Å². The highest BCUT2D eigenvalue weighted by Crippen LogP contribution is 2.27. The van der Waals surface area contributed by atoms with Gasteiger partial charge in [-0.2, -0.15) is 0 Å². The summed E-state index contributed by atoms with van der Waals surface area (Å²) in [5.74, 6) is 1.80. The quantitative estimate of drug-likeness (QED) is 0.772. The van der Waals surface area contributed by atoms with Gasteiger partial charge in [0.05, 0.1) is 6.54 Å². The second-order valence-corrected chi connectivity index (χ2v) is 6.23. The fourth-order valence-corrected chi connectivity index (χ4v) is 2.01. The smallest absolute Gasteiger partial charge is 0.134 e. The lowest BCUT2D eigenvalue weighted by atomic mass is 10.0. The third kappa shape index (κ3) is 4.77. The minimum Gasteiger partial charge on any atom is -0.460 e. The fourth-order valence-electron chi connectivity index (χ4n) is 1.83. The van der Waals surface area contributed by atoms with Crippen LogP contribution in [-0.4, -0.2) is 5.54 Å². The largest absolute Gasteiger partial charge is 0.460 e. The first-order valence-electron chi connectivity index (χ1n) is 7.01. The fraction of sp³-hybridized carbons (Fsp3) is 0.412. The molecular formula is C17H23Cl2NO. The molecule has 0 saturated carbocycles. The summed E-state index contributed by atoms with van der Waals surface area (Å²) in [7, 11) is 0. The molecule has 0 saturated heterocycles. The number of nitrogens with one attached hydrogen (secondary N) is 1. The van der Waals surface area contributed by atoms with E-state index in [0.29, 0.717) is 0 Å². The maximum atomic E-state index is 6.16. The Morgan fingerprint density at radius 3 is 2.52 bits per heavy atom. The van der Waals surface area contributed by atoms with Gasteiger partial charge in [-0.05, 0) is 51.0 Å². The van der Waals surface area contributed by atoms with E-state index in [4.69, 9.17) is 16.0 Å². The average molecular weight is 328 g/mol. The lowest BCUT2D eigenvalue weighted by Gasteiger charge is -2.23. The zero-order chi connectivity index (χ0) is 14.8. The van der Waals surface area contributed by atoms with Gasteiger partial charge < -0.3 is 9.73 Å². The molecule has 1 N–H and O–H groups in total. The SMILES string of the molecule is CCC(C)(C)NCc1ccc(-c2ccc(C)c(Cl)c2)o1.Cl. The lowest BCUT2D eigenvalue weighted by Crippen LogP contribution is -2.37. The molecule has 2 nitrogen and oxygen atoms in total. The lowest BCUT2D eigenvalue weighted by molar-refractivity contribution is 0.353. The maximum Gasteiger partial charge on any atom is 0.134 e. The molecule has 0 radical (unpaired) electrons. The van der Waals surface area contributed by atoms with Crippen molar-refractivity contribution in [3.8, 4) is 11.3 Å². The van der Waals surface area contributed by atoms with E-state index in [1.807, 2.05) is 37.3 Å². The van der Waals surface area contributed by atoms with Crippen molar-refractivity contribution in [2.75, 3.05) is 0 Å². The summed E-state index contributed by atoms with van der Waals surface area (Å²) in [4.78, 5) is 0. The van der Waals surface area contributed by atoms with Gasteiger partial charge in [-0.15, -0.1) is 12.4 Å². The van der Waals surface area contributed by atoms with Gasteiger partial charge in [-0.25, -0.2) is 0 Å². The first-order valence-corrected chi connectivity index (χ1v) is 7.39. The third-order valence-electron chi connectivity index (χ3n) is 3.74. The summed E-state index contributed by atoms with van der Waals surface area (Å²) in [5.41, 5.74) is 2.22. The Hall–Kier alpha value is -0.960. The minimum atomic E-state index is 0. The molecule has 0 aliphatic carbocycles. The van der Waals surface area contributed by atoms with Crippen molar-refractivity contribution in [3.05, 3.63) is 46.7 Å². The second kappa shape index (κ2) is 7.35. The Kier molecular flexibility index (Phi) is 6.33. The number of benzene rings is 1. The van der Waals surface area contributed by atoms with E-state index in [1.54, 1.807) is 0 Å². The van der Waals surface area contributed by atoms with Crippen LogP contribution in [0.1, 0.15) is 38.5 Å². The van der Waals surface area contributed by atoms with Gasteiger partial charge >= 0.3 is 0 Å². The maximum absolute atomic E-state index is 6.16. The summed E-state index contributed by atoms with van der Waals surface area (Å²) < 4.78 is 5.88. The van der Waals surface area contributed by atoms with Gasteiger partial charge in [0.2, 0.25) is 0 Å². The van der Waals surface area contributed by atoms with E-state index in [0.717, 1.165) is 40.6 Å². The Balaban J connectivity index is 0.00000220. The number of rotatable bonds is 5. The first-order chi connectivity index (χ1) is 9.41. The summed E-state index contributed by atoms with van der Waals surface area (Å²) in [6.45, 7) is 9.29. The van der Waals surface area contributed by atoms with Crippen molar-refractivity contribution in [1.29, 1.82) is 0 Å². The van der Waals surface area contributed by atoms with E-state index >= 15 is 0 Å². The van der Waals surface area contributed by atoms with Crippen molar-refractivity contribution in [2.45, 2.75) is 46.2 Å². The molecular weight excluding hydrogens is 305 g/mol. The van der Waals surface area contributed by atoms with Gasteiger partial charge in [0.1, 0.15) is 11.5 Å². The van der Waals surface area contributed by atoms with Crippen LogP contribution in [0.15, 0.2) is 34.7 Å². The Morgan fingerprint density at radius 2 is 1.90 bits per heavy atom. The van der Waals surface area contributed by atoms with Gasteiger partial charge in [0.15, 0.2) is 0 Å². The first kappa shape index (κ1) is 18.1. The number of aryl methyl sites for hydroxylation is 1. The third-order valence-corrected chi connectivity index (χ3v) is 4.15. The molecule has 0 aliphatic rings. The molecule has 0 spiro atoms. The van der Waals surface area contributed by atoms with Crippen LogP contribution in [0, 0.1) is 6.92 Å². The molecule has 0 aliphatic heterocycles. The van der Waals surface area contributed by atoms with Gasteiger partial charge in [0, 0.05) is 16.1 Å². The molecule has 0 fully saturated rings. The normalized spacial score (nSPS) is 11.3. The summed E-state index contributed by atoms with van der Waals surface area (Å²) >= 11 is 6.16. The highest BCUT2D eigenvalue weighted by Gasteiger charge is 2.14. The Labute approximate surface area is 138 Å². The van der Waals surface area contributed by atoms with E-state index in [1.165, 1.54) is 0 Å². The highest BCUT2D eigenvalue weighted by atomic mass is 35.5. The number of halogens is 2. The molecule has 2 aromatic rings. The Morgan fingerprint density at radius 1 is 1.19 bits per heavy atom. The molecule has 1 aromatic heterocycles. The van der Waals surface area contributed by atoms with Gasteiger partial charge in [-0.3, -0.25) is 0 Å².